The van der Waals surface area contributed by atoms with Gasteiger partial charge in [0.2, 0.25) is 0 Å². The van der Waals surface area contributed by atoms with Gasteiger partial charge in [0.05, 0.1) is 6.26 Å². The van der Waals surface area contributed by atoms with Gasteiger partial charge in [-0.3, -0.25) is 0 Å². The maximum absolute atomic E-state index is 5.37. The van der Waals surface area contributed by atoms with E-state index in [1.54, 1.807) is 6.26 Å². The molecule has 96 valence electrons. The van der Waals surface area contributed by atoms with Gasteiger partial charge in [-0.15, -0.1) is 0 Å². The standard InChI is InChI=1S/C14H24N2O/c1-12(10-13-4-3-9-17-13)16-11-14(2)5-7-15-8-6-14/h3-4,9,12,15-16H,5-8,10-11H2,1-2H3. The first-order chi connectivity index (χ1) is 8.18. The first kappa shape index (κ1) is 12.7. The Morgan fingerprint density at radius 2 is 2.24 bits per heavy atom. The van der Waals surface area contributed by atoms with Crippen LogP contribution in [0.5, 0.6) is 0 Å². The second-order valence-corrected chi connectivity index (χ2v) is 5.63. The fraction of sp³-hybridized carbons (Fsp3) is 0.714. The minimum absolute atomic E-state index is 0.461. The van der Waals surface area contributed by atoms with Crippen LogP contribution in [0, 0.1) is 5.41 Å². The SMILES string of the molecule is CC(Cc1ccco1)NCC1(C)CCNCC1. The lowest BCUT2D eigenvalue weighted by Crippen LogP contribution is -2.43. The van der Waals surface area contributed by atoms with Crippen LogP contribution in [-0.2, 0) is 6.42 Å². The molecule has 1 aromatic rings. The third-order valence-corrected chi connectivity index (χ3v) is 3.78. The lowest BCUT2D eigenvalue weighted by atomic mass is 9.81. The Bertz CT molecular complexity index is 315. The molecule has 1 aliphatic heterocycles. The molecule has 1 fully saturated rings. The van der Waals surface area contributed by atoms with Crippen LogP contribution in [-0.4, -0.2) is 25.7 Å². The van der Waals surface area contributed by atoms with Gasteiger partial charge >= 0.3 is 0 Å². The molecule has 2 rings (SSSR count). The first-order valence-electron chi connectivity index (χ1n) is 6.64. The number of rotatable bonds is 5. The van der Waals surface area contributed by atoms with Crippen molar-refractivity contribution >= 4 is 0 Å². The van der Waals surface area contributed by atoms with E-state index in [1.165, 1.54) is 12.8 Å². The summed E-state index contributed by atoms with van der Waals surface area (Å²) in [6.07, 6.45) is 5.26. The zero-order chi connectivity index (χ0) is 12.1. The molecule has 1 unspecified atom stereocenters. The van der Waals surface area contributed by atoms with E-state index in [1.807, 2.05) is 12.1 Å². The number of hydrogen-bond acceptors (Lipinski definition) is 3. The highest BCUT2D eigenvalue weighted by Gasteiger charge is 2.26. The van der Waals surface area contributed by atoms with Crippen molar-refractivity contribution < 1.29 is 4.42 Å². The molecule has 3 heteroatoms. The van der Waals surface area contributed by atoms with Gasteiger partial charge in [-0.1, -0.05) is 6.92 Å². The van der Waals surface area contributed by atoms with E-state index >= 15 is 0 Å². The third kappa shape index (κ3) is 3.86. The minimum atomic E-state index is 0.461. The van der Waals surface area contributed by atoms with E-state index in [-0.39, 0.29) is 0 Å². The van der Waals surface area contributed by atoms with Crippen molar-refractivity contribution in [3.63, 3.8) is 0 Å². The molecule has 17 heavy (non-hydrogen) atoms. The van der Waals surface area contributed by atoms with Crippen LogP contribution in [0.2, 0.25) is 0 Å². The minimum Gasteiger partial charge on any atom is -0.469 e. The molecular weight excluding hydrogens is 212 g/mol. The molecule has 0 bridgehead atoms. The largest absolute Gasteiger partial charge is 0.469 e. The van der Waals surface area contributed by atoms with E-state index in [0.717, 1.165) is 31.8 Å². The molecule has 0 saturated carbocycles. The van der Waals surface area contributed by atoms with Gasteiger partial charge in [-0.2, -0.15) is 0 Å². The fourth-order valence-electron chi connectivity index (χ4n) is 2.43. The molecule has 0 aromatic carbocycles. The Kier molecular flexibility index (Phi) is 4.24. The molecular formula is C14H24N2O. The molecule has 1 atom stereocenters. The summed E-state index contributed by atoms with van der Waals surface area (Å²) in [5, 5.41) is 7.06. The highest BCUT2D eigenvalue weighted by atomic mass is 16.3. The summed E-state index contributed by atoms with van der Waals surface area (Å²) < 4.78 is 5.37. The van der Waals surface area contributed by atoms with Crippen LogP contribution in [0.15, 0.2) is 22.8 Å². The van der Waals surface area contributed by atoms with Crippen LogP contribution < -0.4 is 10.6 Å². The van der Waals surface area contributed by atoms with Crippen molar-refractivity contribution in [2.24, 2.45) is 5.41 Å². The van der Waals surface area contributed by atoms with Gasteiger partial charge in [-0.25, -0.2) is 0 Å². The topological polar surface area (TPSA) is 37.2 Å². The monoisotopic (exact) mass is 236 g/mol. The van der Waals surface area contributed by atoms with Gasteiger partial charge in [-0.05, 0) is 50.4 Å². The molecule has 0 radical (unpaired) electrons. The smallest absolute Gasteiger partial charge is 0.105 e. The number of hydrogen-bond donors (Lipinski definition) is 2. The molecule has 2 N–H and O–H groups in total. The van der Waals surface area contributed by atoms with Crippen LogP contribution in [0.1, 0.15) is 32.4 Å². The summed E-state index contributed by atoms with van der Waals surface area (Å²) in [7, 11) is 0. The average molecular weight is 236 g/mol. The lowest BCUT2D eigenvalue weighted by Gasteiger charge is -2.35. The highest BCUT2D eigenvalue weighted by molar-refractivity contribution is 5.00. The fourth-order valence-corrected chi connectivity index (χ4v) is 2.43. The lowest BCUT2D eigenvalue weighted by molar-refractivity contribution is 0.212. The van der Waals surface area contributed by atoms with E-state index in [4.69, 9.17) is 4.42 Å². The molecule has 2 heterocycles. The number of furan rings is 1. The molecule has 0 aliphatic carbocycles. The van der Waals surface area contributed by atoms with Gasteiger partial charge in [0.15, 0.2) is 0 Å². The maximum Gasteiger partial charge on any atom is 0.105 e. The summed E-state index contributed by atoms with van der Waals surface area (Å²) in [4.78, 5) is 0. The van der Waals surface area contributed by atoms with Crippen LogP contribution in [0.3, 0.4) is 0 Å². The Morgan fingerprint density at radius 3 is 2.88 bits per heavy atom. The second-order valence-electron chi connectivity index (χ2n) is 5.63. The summed E-state index contributed by atoms with van der Waals surface area (Å²) >= 11 is 0. The quantitative estimate of drug-likeness (QED) is 0.823. The van der Waals surface area contributed by atoms with Crippen molar-refractivity contribution in [3.8, 4) is 0 Å². The highest BCUT2D eigenvalue weighted by Crippen LogP contribution is 2.26. The zero-order valence-corrected chi connectivity index (χ0v) is 11.0. The summed E-state index contributed by atoms with van der Waals surface area (Å²) in [5.41, 5.74) is 0.461. The van der Waals surface area contributed by atoms with Gasteiger partial charge < -0.3 is 15.1 Å². The van der Waals surface area contributed by atoms with Crippen LogP contribution in [0.25, 0.3) is 0 Å². The number of nitrogens with one attached hydrogen (secondary N) is 2. The maximum atomic E-state index is 5.37. The first-order valence-corrected chi connectivity index (χ1v) is 6.64. The van der Waals surface area contributed by atoms with E-state index < -0.39 is 0 Å². The molecule has 1 aromatic heterocycles. The van der Waals surface area contributed by atoms with E-state index in [9.17, 15) is 0 Å². The second kappa shape index (κ2) is 5.69. The predicted molar refractivity (Wildman–Crippen MR) is 70.1 cm³/mol. The predicted octanol–water partition coefficient (Wildman–Crippen LogP) is 2.19. The molecule has 1 aliphatic rings. The van der Waals surface area contributed by atoms with Gasteiger partial charge in [0, 0.05) is 19.0 Å². The Morgan fingerprint density at radius 1 is 1.47 bits per heavy atom. The van der Waals surface area contributed by atoms with Crippen molar-refractivity contribution in [3.05, 3.63) is 24.2 Å². The number of piperidine rings is 1. The van der Waals surface area contributed by atoms with E-state index in [2.05, 4.69) is 24.5 Å². The van der Waals surface area contributed by atoms with Crippen molar-refractivity contribution in [1.29, 1.82) is 0 Å². The van der Waals surface area contributed by atoms with Gasteiger partial charge in [0.1, 0.15) is 5.76 Å². The molecule has 1 saturated heterocycles. The summed E-state index contributed by atoms with van der Waals surface area (Å²) in [5.74, 6) is 1.07. The third-order valence-electron chi connectivity index (χ3n) is 3.78. The molecule has 0 amide bonds. The van der Waals surface area contributed by atoms with Crippen molar-refractivity contribution in [1.82, 2.24) is 10.6 Å². The van der Waals surface area contributed by atoms with Gasteiger partial charge in [0.25, 0.3) is 0 Å². The molecule has 3 nitrogen and oxygen atoms in total. The summed E-state index contributed by atoms with van der Waals surface area (Å²) in [6.45, 7) is 8.04. The Labute approximate surface area is 104 Å². The Balaban J connectivity index is 1.73. The zero-order valence-electron chi connectivity index (χ0n) is 11.0. The summed E-state index contributed by atoms with van der Waals surface area (Å²) in [6, 6.07) is 4.48. The van der Waals surface area contributed by atoms with Crippen molar-refractivity contribution in [2.75, 3.05) is 19.6 Å². The van der Waals surface area contributed by atoms with Crippen molar-refractivity contribution in [2.45, 2.75) is 39.2 Å². The van der Waals surface area contributed by atoms with Crippen LogP contribution in [0.4, 0.5) is 0 Å². The van der Waals surface area contributed by atoms with E-state index in [0.29, 0.717) is 11.5 Å². The van der Waals surface area contributed by atoms with Crippen LogP contribution >= 0.6 is 0 Å². The average Bonchev–Trinajstić information content (AvgIpc) is 2.80. The normalized spacial score (nSPS) is 21.3. The molecule has 0 spiro atoms. The Hall–Kier alpha value is -0.800.